The number of nitrogens with zero attached hydrogens (tertiary/aromatic N) is 1. The van der Waals surface area contributed by atoms with Crippen molar-refractivity contribution in [1.82, 2.24) is 15.6 Å². The molecule has 2 N–H and O–H groups in total. The number of pyridine rings is 1. The van der Waals surface area contributed by atoms with Crippen molar-refractivity contribution < 1.29 is 9.53 Å². The summed E-state index contributed by atoms with van der Waals surface area (Å²) in [5, 5.41) is 5.97. The largest absolute Gasteiger partial charge is 0.383 e. The van der Waals surface area contributed by atoms with Crippen molar-refractivity contribution in [2.75, 3.05) is 20.3 Å². The second-order valence-electron chi connectivity index (χ2n) is 4.19. The van der Waals surface area contributed by atoms with E-state index in [1.54, 1.807) is 13.3 Å². The Balaban J connectivity index is 2.34. The lowest BCUT2D eigenvalue weighted by molar-refractivity contribution is -0.122. The summed E-state index contributed by atoms with van der Waals surface area (Å²) in [4.78, 5) is 15.8. The summed E-state index contributed by atoms with van der Waals surface area (Å²) in [6, 6.07) is 1.72. The number of aryl methyl sites for hydroxylation is 1. The normalized spacial score (nSPS) is 12.2. The van der Waals surface area contributed by atoms with E-state index in [2.05, 4.69) is 15.6 Å². The molecule has 1 rings (SSSR count). The predicted octanol–water partition coefficient (Wildman–Crippen LogP) is 0.631. The van der Waals surface area contributed by atoms with Gasteiger partial charge in [0.05, 0.1) is 12.6 Å². The fraction of sp³-hybridized carbons (Fsp3) is 0.538. The molecule has 0 spiro atoms. The number of ether oxygens (including phenoxy) is 1. The standard InChI is InChI=1S/C13H21N3O2/c1-10-4-5-14-8-12(10)9-16-11(2)13(17)15-6-7-18-3/h4-5,8,11,16H,6-7,9H2,1-3H3,(H,15,17). The number of hydrogen-bond donors (Lipinski definition) is 2. The van der Waals surface area contributed by atoms with Gasteiger partial charge in [0.1, 0.15) is 0 Å². The quantitative estimate of drug-likeness (QED) is 0.698. The van der Waals surface area contributed by atoms with E-state index in [1.807, 2.05) is 26.1 Å². The number of carbonyl (C=O) groups excluding carboxylic acids is 1. The van der Waals surface area contributed by atoms with Gasteiger partial charge in [0.25, 0.3) is 0 Å². The average Bonchev–Trinajstić information content (AvgIpc) is 2.37. The van der Waals surface area contributed by atoms with Crippen LogP contribution >= 0.6 is 0 Å². The van der Waals surface area contributed by atoms with E-state index in [1.165, 1.54) is 5.56 Å². The Kier molecular flexibility index (Phi) is 6.32. The van der Waals surface area contributed by atoms with Crippen LogP contribution in [-0.2, 0) is 16.1 Å². The number of methoxy groups -OCH3 is 1. The molecule has 0 saturated carbocycles. The lowest BCUT2D eigenvalue weighted by Crippen LogP contribution is -2.42. The minimum Gasteiger partial charge on any atom is -0.383 e. The van der Waals surface area contributed by atoms with Gasteiger partial charge >= 0.3 is 0 Å². The first-order valence-corrected chi connectivity index (χ1v) is 6.04. The minimum absolute atomic E-state index is 0.0198. The monoisotopic (exact) mass is 251 g/mol. The fourth-order valence-corrected chi connectivity index (χ4v) is 1.47. The maximum Gasteiger partial charge on any atom is 0.236 e. The first kappa shape index (κ1) is 14.6. The Morgan fingerprint density at radius 2 is 2.33 bits per heavy atom. The molecule has 1 heterocycles. The maximum absolute atomic E-state index is 11.7. The number of carbonyl (C=O) groups is 1. The second kappa shape index (κ2) is 7.79. The van der Waals surface area contributed by atoms with Crippen LogP contribution in [-0.4, -0.2) is 37.2 Å². The van der Waals surface area contributed by atoms with Crippen LogP contribution in [0.4, 0.5) is 0 Å². The Hall–Kier alpha value is -1.46. The molecule has 0 saturated heterocycles. The summed E-state index contributed by atoms with van der Waals surface area (Å²) in [6.07, 6.45) is 3.58. The van der Waals surface area contributed by atoms with Crippen LogP contribution in [0.2, 0.25) is 0 Å². The minimum atomic E-state index is -0.235. The van der Waals surface area contributed by atoms with E-state index in [9.17, 15) is 4.79 Å². The third-order valence-corrected chi connectivity index (χ3v) is 2.74. The SMILES string of the molecule is COCCNC(=O)C(C)NCc1cnccc1C. The lowest BCUT2D eigenvalue weighted by Gasteiger charge is -2.14. The van der Waals surface area contributed by atoms with Gasteiger partial charge < -0.3 is 15.4 Å². The molecule has 0 aliphatic carbocycles. The molecule has 1 atom stereocenters. The number of hydrogen-bond acceptors (Lipinski definition) is 4. The highest BCUT2D eigenvalue weighted by molar-refractivity contribution is 5.81. The van der Waals surface area contributed by atoms with Crippen molar-refractivity contribution in [3.8, 4) is 0 Å². The molecule has 18 heavy (non-hydrogen) atoms. The Morgan fingerprint density at radius 3 is 3.00 bits per heavy atom. The van der Waals surface area contributed by atoms with Crippen molar-refractivity contribution in [2.45, 2.75) is 26.4 Å². The number of aromatic nitrogens is 1. The van der Waals surface area contributed by atoms with Gasteiger partial charge in [-0.3, -0.25) is 9.78 Å². The van der Waals surface area contributed by atoms with Gasteiger partial charge in [-0.1, -0.05) is 0 Å². The molecule has 0 radical (unpaired) electrons. The molecule has 1 aromatic heterocycles. The van der Waals surface area contributed by atoms with Crippen molar-refractivity contribution in [2.24, 2.45) is 0 Å². The zero-order chi connectivity index (χ0) is 13.4. The van der Waals surface area contributed by atoms with E-state index in [4.69, 9.17) is 4.74 Å². The molecule has 1 amide bonds. The molecule has 0 bridgehead atoms. The van der Waals surface area contributed by atoms with Crippen LogP contribution < -0.4 is 10.6 Å². The first-order chi connectivity index (χ1) is 8.65. The zero-order valence-electron chi connectivity index (χ0n) is 11.2. The van der Waals surface area contributed by atoms with Gasteiger partial charge in [-0.15, -0.1) is 0 Å². The fourth-order valence-electron chi connectivity index (χ4n) is 1.47. The van der Waals surface area contributed by atoms with Gasteiger partial charge in [-0.25, -0.2) is 0 Å². The van der Waals surface area contributed by atoms with Crippen molar-refractivity contribution in [1.29, 1.82) is 0 Å². The second-order valence-corrected chi connectivity index (χ2v) is 4.19. The summed E-state index contributed by atoms with van der Waals surface area (Å²) in [6.45, 7) is 5.57. The van der Waals surface area contributed by atoms with Crippen molar-refractivity contribution >= 4 is 5.91 Å². The van der Waals surface area contributed by atoms with Crippen LogP contribution in [0.25, 0.3) is 0 Å². The summed E-state index contributed by atoms with van der Waals surface area (Å²) in [5.41, 5.74) is 2.28. The highest BCUT2D eigenvalue weighted by Gasteiger charge is 2.11. The van der Waals surface area contributed by atoms with Gasteiger partial charge in [0.2, 0.25) is 5.91 Å². The van der Waals surface area contributed by atoms with Crippen LogP contribution in [0, 0.1) is 6.92 Å². The molecule has 1 aromatic rings. The summed E-state index contributed by atoms with van der Waals surface area (Å²) >= 11 is 0. The third-order valence-electron chi connectivity index (χ3n) is 2.74. The average molecular weight is 251 g/mol. The lowest BCUT2D eigenvalue weighted by atomic mass is 10.1. The Morgan fingerprint density at radius 1 is 1.56 bits per heavy atom. The molecule has 1 unspecified atom stereocenters. The number of amides is 1. The molecule has 5 nitrogen and oxygen atoms in total. The summed E-state index contributed by atoms with van der Waals surface area (Å²) < 4.78 is 4.87. The van der Waals surface area contributed by atoms with Gasteiger partial charge in [-0.05, 0) is 31.0 Å². The highest BCUT2D eigenvalue weighted by Crippen LogP contribution is 2.04. The van der Waals surface area contributed by atoms with Crippen LogP contribution in [0.5, 0.6) is 0 Å². The van der Waals surface area contributed by atoms with E-state index in [-0.39, 0.29) is 11.9 Å². The Labute approximate surface area is 108 Å². The zero-order valence-corrected chi connectivity index (χ0v) is 11.2. The van der Waals surface area contributed by atoms with Gasteiger partial charge in [-0.2, -0.15) is 0 Å². The number of nitrogens with one attached hydrogen (secondary N) is 2. The molecule has 0 fully saturated rings. The van der Waals surface area contributed by atoms with Gasteiger partial charge in [0.15, 0.2) is 0 Å². The van der Waals surface area contributed by atoms with E-state index in [0.717, 1.165) is 5.56 Å². The molecule has 5 heteroatoms. The molecule has 0 aliphatic rings. The van der Waals surface area contributed by atoms with Crippen molar-refractivity contribution in [3.63, 3.8) is 0 Å². The van der Waals surface area contributed by atoms with Gasteiger partial charge in [0, 0.05) is 32.6 Å². The van der Waals surface area contributed by atoms with Crippen LogP contribution in [0.1, 0.15) is 18.1 Å². The van der Waals surface area contributed by atoms with E-state index >= 15 is 0 Å². The third kappa shape index (κ3) is 4.81. The molecular formula is C13H21N3O2. The smallest absolute Gasteiger partial charge is 0.236 e. The Bertz CT molecular complexity index is 382. The first-order valence-electron chi connectivity index (χ1n) is 6.04. The highest BCUT2D eigenvalue weighted by atomic mass is 16.5. The molecular weight excluding hydrogens is 230 g/mol. The predicted molar refractivity (Wildman–Crippen MR) is 70.2 cm³/mol. The summed E-state index contributed by atoms with van der Waals surface area (Å²) in [7, 11) is 1.61. The molecule has 0 aliphatic heterocycles. The van der Waals surface area contributed by atoms with E-state index < -0.39 is 0 Å². The van der Waals surface area contributed by atoms with Crippen LogP contribution in [0.3, 0.4) is 0 Å². The maximum atomic E-state index is 11.7. The molecule has 100 valence electrons. The topological polar surface area (TPSA) is 63.2 Å². The van der Waals surface area contributed by atoms with E-state index in [0.29, 0.717) is 19.7 Å². The number of rotatable bonds is 7. The molecule has 0 aromatic carbocycles. The summed E-state index contributed by atoms with van der Waals surface area (Å²) in [5.74, 6) is -0.0198. The van der Waals surface area contributed by atoms with Crippen LogP contribution in [0.15, 0.2) is 18.5 Å². The van der Waals surface area contributed by atoms with Crippen molar-refractivity contribution in [3.05, 3.63) is 29.6 Å².